The minimum absolute atomic E-state index is 0.0724. The monoisotopic (exact) mass is 470 g/mol. The van der Waals surface area contributed by atoms with Crippen LogP contribution in [0.1, 0.15) is 0 Å². The highest BCUT2D eigenvalue weighted by Gasteiger charge is 2.31. The van der Waals surface area contributed by atoms with Crippen LogP contribution in [0.25, 0.3) is 0 Å². The Bertz CT molecular complexity index is 1090. The van der Waals surface area contributed by atoms with Crippen molar-refractivity contribution in [1.82, 2.24) is 9.21 Å². The number of halogens is 2. The quantitative estimate of drug-likeness (QED) is 0.665. The zero-order chi connectivity index (χ0) is 22.0. The minimum atomic E-state index is -3.73. The number of benzene rings is 2. The van der Waals surface area contributed by atoms with Gasteiger partial charge in [0.2, 0.25) is 10.0 Å². The maximum absolute atomic E-state index is 13.1. The van der Waals surface area contributed by atoms with Crippen LogP contribution in [0.4, 0.5) is 4.39 Å². The van der Waals surface area contributed by atoms with E-state index in [1.807, 2.05) is 0 Å². The third kappa shape index (κ3) is 4.70. The summed E-state index contributed by atoms with van der Waals surface area (Å²) in [6.45, 7) is 1.26. The van der Waals surface area contributed by atoms with Crippen LogP contribution in [-0.2, 0) is 14.8 Å². The van der Waals surface area contributed by atoms with Gasteiger partial charge in [-0.25, -0.2) is 12.8 Å². The first-order valence-electron chi connectivity index (χ1n) is 9.60. The third-order valence-corrected chi connectivity index (χ3v) is 7.18. The summed E-state index contributed by atoms with van der Waals surface area (Å²) < 4.78 is 56.7. The molecule has 2 aliphatic heterocycles. The van der Waals surface area contributed by atoms with Crippen molar-refractivity contribution >= 4 is 27.5 Å². The fraction of sp³-hybridized carbons (Fsp3) is 0.350. The number of sulfonamides is 1. The van der Waals surface area contributed by atoms with Crippen LogP contribution in [0.15, 0.2) is 41.3 Å². The molecule has 8 nitrogen and oxygen atoms in total. The van der Waals surface area contributed by atoms with E-state index in [9.17, 15) is 17.6 Å². The Kier molecular flexibility index (Phi) is 6.22. The molecule has 0 atom stereocenters. The van der Waals surface area contributed by atoms with E-state index in [0.29, 0.717) is 24.7 Å². The Morgan fingerprint density at radius 2 is 1.74 bits per heavy atom. The van der Waals surface area contributed by atoms with E-state index in [-0.39, 0.29) is 54.4 Å². The predicted molar refractivity (Wildman–Crippen MR) is 110 cm³/mol. The molecular weight excluding hydrogens is 451 g/mol. The van der Waals surface area contributed by atoms with Crippen molar-refractivity contribution in [2.45, 2.75) is 4.90 Å². The first kappa shape index (κ1) is 21.7. The number of piperazine rings is 1. The van der Waals surface area contributed by atoms with E-state index < -0.39 is 15.8 Å². The summed E-state index contributed by atoms with van der Waals surface area (Å²) >= 11 is 5.89. The number of hydrogen-bond acceptors (Lipinski definition) is 6. The molecular formula is C20H20ClFN2O6S. The molecule has 166 valence electrons. The maximum atomic E-state index is 13.1. The van der Waals surface area contributed by atoms with E-state index in [1.54, 1.807) is 6.07 Å². The highest BCUT2D eigenvalue weighted by molar-refractivity contribution is 7.89. The first-order valence-corrected chi connectivity index (χ1v) is 11.4. The van der Waals surface area contributed by atoms with Crippen LogP contribution in [0, 0.1) is 5.82 Å². The lowest BCUT2D eigenvalue weighted by Gasteiger charge is -2.34. The molecule has 0 saturated carbocycles. The molecule has 4 rings (SSSR count). The predicted octanol–water partition coefficient (Wildman–Crippen LogP) is 2.16. The number of carbonyl (C=O) groups excluding carboxylic acids is 1. The molecule has 0 radical (unpaired) electrons. The van der Waals surface area contributed by atoms with Gasteiger partial charge >= 0.3 is 0 Å². The Morgan fingerprint density at radius 3 is 2.45 bits per heavy atom. The summed E-state index contributed by atoms with van der Waals surface area (Å²) in [7, 11) is -3.73. The summed E-state index contributed by atoms with van der Waals surface area (Å²) in [6.07, 6.45) is 0. The number of nitrogens with zero attached hydrogens (tertiary/aromatic N) is 2. The summed E-state index contributed by atoms with van der Waals surface area (Å²) in [5.74, 6) is 0.312. The Morgan fingerprint density at radius 1 is 1.03 bits per heavy atom. The standard InChI is InChI=1S/C20H20ClFN2O6S/c21-16-11-14(22)1-3-17(16)30-13-20(25)23-5-7-24(8-6-23)31(26,27)15-2-4-18-19(12-15)29-10-9-28-18/h1-4,11-12H,5-10,13H2. The highest BCUT2D eigenvalue weighted by Crippen LogP contribution is 2.33. The van der Waals surface area contributed by atoms with Crippen LogP contribution in [-0.4, -0.2) is 69.5 Å². The molecule has 2 aromatic carbocycles. The number of amides is 1. The third-order valence-electron chi connectivity index (χ3n) is 4.99. The van der Waals surface area contributed by atoms with Crippen molar-refractivity contribution in [3.63, 3.8) is 0 Å². The summed E-state index contributed by atoms with van der Waals surface area (Å²) in [5.41, 5.74) is 0. The Labute approximate surface area is 184 Å². The van der Waals surface area contributed by atoms with Crippen molar-refractivity contribution in [3.05, 3.63) is 47.2 Å². The highest BCUT2D eigenvalue weighted by atomic mass is 35.5. The van der Waals surface area contributed by atoms with Crippen molar-refractivity contribution in [2.75, 3.05) is 46.0 Å². The number of rotatable bonds is 5. The molecule has 0 spiro atoms. The van der Waals surface area contributed by atoms with Gasteiger partial charge in [0, 0.05) is 32.2 Å². The molecule has 1 fully saturated rings. The topological polar surface area (TPSA) is 85.4 Å². The summed E-state index contributed by atoms with van der Waals surface area (Å²) in [6, 6.07) is 8.17. The smallest absolute Gasteiger partial charge is 0.260 e. The van der Waals surface area contributed by atoms with Gasteiger partial charge in [0.05, 0.1) is 9.92 Å². The van der Waals surface area contributed by atoms with Gasteiger partial charge in [-0.15, -0.1) is 0 Å². The number of fused-ring (bicyclic) bond motifs is 1. The zero-order valence-corrected chi connectivity index (χ0v) is 18.0. The summed E-state index contributed by atoms with van der Waals surface area (Å²) in [5, 5.41) is 0.0724. The second-order valence-electron chi connectivity index (χ2n) is 6.95. The van der Waals surface area contributed by atoms with Crippen LogP contribution in [0.5, 0.6) is 17.2 Å². The first-order chi connectivity index (χ1) is 14.8. The average Bonchev–Trinajstić information content (AvgIpc) is 2.78. The molecule has 1 amide bonds. The molecule has 1 saturated heterocycles. The van der Waals surface area contributed by atoms with Crippen LogP contribution >= 0.6 is 11.6 Å². The molecule has 31 heavy (non-hydrogen) atoms. The molecule has 0 aliphatic carbocycles. The van der Waals surface area contributed by atoms with Gasteiger partial charge in [-0.2, -0.15) is 4.31 Å². The van der Waals surface area contributed by atoms with E-state index >= 15 is 0 Å². The Hall–Kier alpha value is -2.56. The molecule has 0 bridgehead atoms. The van der Waals surface area contributed by atoms with E-state index in [4.69, 9.17) is 25.8 Å². The van der Waals surface area contributed by atoms with E-state index in [1.165, 1.54) is 33.5 Å². The van der Waals surface area contributed by atoms with Crippen LogP contribution < -0.4 is 14.2 Å². The fourth-order valence-corrected chi connectivity index (χ4v) is 4.99. The molecule has 2 aliphatic rings. The summed E-state index contributed by atoms with van der Waals surface area (Å²) in [4.78, 5) is 14.1. The number of hydrogen-bond donors (Lipinski definition) is 0. The van der Waals surface area contributed by atoms with Gasteiger partial charge < -0.3 is 19.1 Å². The van der Waals surface area contributed by atoms with E-state index in [2.05, 4.69) is 0 Å². The Balaban J connectivity index is 1.35. The molecule has 11 heteroatoms. The van der Waals surface area contributed by atoms with Gasteiger partial charge in [-0.1, -0.05) is 11.6 Å². The normalized spacial score (nSPS) is 16.8. The largest absolute Gasteiger partial charge is 0.486 e. The molecule has 0 N–H and O–H groups in total. The maximum Gasteiger partial charge on any atom is 0.260 e. The van der Waals surface area contributed by atoms with Gasteiger partial charge in [0.1, 0.15) is 24.8 Å². The molecule has 2 aromatic rings. The van der Waals surface area contributed by atoms with Gasteiger partial charge in [0.15, 0.2) is 18.1 Å². The van der Waals surface area contributed by atoms with E-state index in [0.717, 1.165) is 6.07 Å². The lowest BCUT2D eigenvalue weighted by Crippen LogP contribution is -2.51. The minimum Gasteiger partial charge on any atom is -0.486 e. The SMILES string of the molecule is O=C(COc1ccc(F)cc1Cl)N1CCN(S(=O)(=O)c2ccc3c(c2)OCCO3)CC1. The second-order valence-corrected chi connectivity index (χ2v) is 9.30. The van der Waals surface area contributed by atoms with Crippen molar-refractivity contribution in [1.29, 1.82) is 0 Å². The lowest BCUT2D eigenvalue weighted by atomic mass is 10.3. The van der Waals surface area contributed by atoms with Crippen LogP contribution in [0.2, 0.25) is 5.02 Å². The van der Waals surface area contributed by atoms with Gasteiger partial charge in [-0.3, -0.25) is 4.79 Å². The zero-order valence-electron chi connectivity index (χ0n) is 16.4. The van der Waals surface area contributed by atoms with Crippen molar-refractivity contribution < 1.29 is 31.8 Å². The van der Waals surface area contributed by atoms with Crippen molar-refractivity contribution in [2.24, 2.45) is 0 Å². The molecule has 0 unspecified atom stereocenters. The van der Waals surface area contributed by atoms with Crippen LogP contribution in [0.3, 0.4) is 0 Å². The average molecular weight is 471 g/mol. The van der Waals surface area contributed by atoms with Crippen molar-refractivity contribution in [3.8, 4) is 17.2 Å². The second kappa shape index (κ2) is 8.89. The number of ether oxygens (including phenoxy) is 3. The van der Waals surface area contributed by atoms with Gasteiger partial charge in [-0.05, 0) is 30.3 Å². The number of carbonyl (C=O) groups is 1. The fourth-order valence-electron chi connectivity index (χ4n) is 3.33. The molecule has 2 heterocycles. The lowest BCUT2D eigenvalue weighted by molar-refractivity contribution is -0.134. The molecule has 0 aromatic heterocycles. The van der Waals surface area contributed by atoms with Gasteiger partial charge in [0.25, 0.3) is 5.91 Å².